The molecule has 0 aliphatic rings. The molecule has 7 aromatic carbocycles. The summed E-state index contributed by atoms with van der Waals surface area (Å²) in [5.41, 5.74) is 45.1. The van der Waals surface area contributed by atoms with Crippen LogP contribution in [0.2, 0.25) is 0 Å². The predicted octanol–water partition coefficient (Wildman–Crippen LogP) is 19.1. The molecule has 0 aliphatic carbocycles. The number of aromatic hydroxyl groups is 7. The zero-order valence-corrected chi connectivity index (χ0v) is 62.9. The molecular formula is C79H123N7O7. The lowest BCUT2D eigenvalue weighted by Crippen LogP contribution is -2.21. The Labute approximate surface area is 561 Å². The minimum absolute atomic E-state index is 0.0244. The van der Waals surface area contributed by atoms with Crippen molar-refractivity contribution >= 4 is 39.8 Å². The van der Waals surface area contributed by atoms with Crippen LogP contribution in [0.15, 0.2) is 72.8 Å². The molecule has 0 saturated heterocycles. The number of hydrogen-bond acceptors (Lipinski definition) is 14. The van der Waals surface area contributed by atoms with Crippen molar-refractivity contribution in [2.45, 2.75) is 226 Å². The summed E-state index contributed by atoms with van der Waals surface area (Å²) >= 11 is 0. The molecule has 18 N–H and O–H groups in total. The average Bonchev–Trinajstić information content (AvgIpc) is 0.763. The molecule has 0 radical (unpaired) electrons. The Morgan fingerprint density at radius 3 is 0.946 bits per heavy atom. The van der Waals surface area contributed by atoms with Crippen LogP contribution in [0.4, 0.5) is 39.8 Å². The summed E-state index contributed by atoms with van der Waals surface area (Å²) in [7, 11) is 5.70. The zero-order valence-electron chi connectivity index (χ0n) is 62.9. The van der Waals surface area contributed by atoms with Gasteiger partial charge in [-0.15, -0.1) is 0 Å². The van der Waals surface area contributed by atoms with Gasteiger partial charge in [-0.25, -0.2) is 0 Å². The Bertz CT molecular complexity index is 3510. The van der Waals surface area contributed by atoms with Gasteiger partial charge < -0.3 is 74.6 Å². The first-order valence-corrected chi connectivity index (χ1v) is 31.9. The Morgan fingerprint density at radius 1 is 0.290 bits per heavy atom. The third kappa shape index (κ3) is 22.8. The Hall–Kier alpha value is -8.26. The average molecular weight is 1280 g/mol. The first-order chi connectivity index (χ1) is 42.1. The van der Waals surface area contributed by atoms with Gasteiger partial charge in [0.1, 0.15) is 40.2 Å². The third-order valence-corrected chi connectivity index (χ3v) is 16.2. The highest BCUT2D eigenvalue weighted by Crippen LogP contribution is 2.48. The van der Waals surface area contributed by atoms with E-state index in [0.29, 0.717) is 34.4 Å². The van der Waals surface area contributed by atoms with Gasteiger partial charge in [0, 0.05) is 94.3 Å². The lowest BCUT2D eigenvalue weighted by Gasteiger charge is -2.32. The first kappa shape index (κ1) is 82.8. The monoisotopic (exact) mass is 1280 g/mol. The van der Waals surface area contributed by atoms with Gasteiger partial charge in [-0.3, -0.25) is 0 Å². The molecule has 93 heavy (non-hydrogen) atoms. The predicted molar refractivity (Wildman–Crippen MR) is 403 cm³/mol. The van der Waals surface area contributed by atoms with Crippen LogP contribution in [0.3, 0.4) is 0 Å². The molecule has 0 fully saturated rings. The summed E-state index contributed by atoms with van der Waals surface area (Å²) in [6.45, 7) is 57.8. The number of nitrogens with one attached hydrogen (secondary N) is 3. The topological polar surface area (TPSA) is 282 Å². The lowest BCUT2D eigenvalue weighted by atomic mass is 9.75. The van der Waals surface area contributed by atoms with Crippen molar-refractivity contribution < 1.29 is 35.7 Å². The van der Waals surface area contributed by atoms with Gasteiger partial charge in [0.25, 0.3) is 0 Å². The van der Waals surface area contributed by atoms with Crippen molar-refractivity contribution in [2.24, 2.45) is 0 Å². The summed E-state index contributed by atoms with van der Waals surface area (Å²) in [5, 5.41) is 77.4. The number of hydrogen-bond donors (Lipinski definition) is 14. The molecule has 0 spiro atoms. The molecule has 0 atom stereocenters. The van der Waals surface area contributed by atoms with Gasteiger partial charge in [-0.05, 0) is 230 Å². The van der Waals surface area contributed by atoms with Gasteiger partial charge >= 0.3 is 0 Å². The van der Waals surface area contributed by atoms with E-state index in [2.05, 4.69) is 154 Å². The number of anilines is 7. The standard InChI is InChI=1S/C17H29NO.C16H27NO.2C12H19NO.2C8H11NO.C6H7NO/c1-10-12(16(3,4)5)15(19)13(17(6,7)8)11(2)14(10)18-9;1-9-11(15(3,4)5)14(18)12(16(6,7)8)10(2)13(9)17;1-8-6-11(14)9(12(2,3)4)7-10(8)13-5;1-7-6-9(14)10(12(3,4)5)8(2)11(7)13;1-5-3-7(10)4-6(2)8(5)9;1-6-5-7(10)3-4-8(6)9-2;7-5-1-3-6(8)4-2-5/h18-19H,1-9H3;18H,17H2,1-8H3;6-7,13-14H,1-5H3;6,14H,13H2,1-5H3;3-4,10H,9H2,1-2H3;3-5,9-10H,1-2H3;1-4,8H,7H2. The highest BCUT2D eigenvalue weighted by molar-refractivity contribution is 5.71. The van der Waals surface area contributed by atoms with E-state index in [1.54, 1.807) is 54.6 Å². The summed E-state index contributed by atoms with van der Waals surface area (Å²) < 4.78 is 0. The smallest absolute Gasteiger partial charge is 0.123 e. The molecule has 0 amide bonds. The number of phenolic OH excluding ortho intramolecular Hbond substituents is 7. The molecule has 7 rings (SSSR count). The van der Waals surface area contributed by atoms with Gasteiger partial charge in [0.05, 0.1) is 0 Å². The quantitative estimate of drug-likeness (QED) is 0.0579. The molecule has 0 unspecified atom stereocenters. The van der Waals surface area contributed by atoms with Gasteiger partial charge in [-0.1, -0.05) is 125 Å². The number of aryl methyl sites for hydroxylation is 5. The highest BCUT2D eigenvalue weighted by Gasteiger charge is 2.33. The van der Waals surface area contributed by atoms with Crippen LogP contribution in [-0.4, -0.2) is 56.9 Å². The molecule has 0 bridgehead atoms. The van der Waals surface area contributed by atoms with Gasteiger partial charge in [0.15, 0.2) is 0 Å². The third-order valence-electron chi connectivity index (χ3n) is 16.2. The molecule has 0 heterocycles. The van der Waals surface area contributed by atoms with Crippen LogP contribution in [-0.2, 0) is 32.5 Å². The number of nitrogen functional groups attached to an aromatic ring is 4. The number of rotatable bonds is 3. The minimum atomic E-state index is -0.115. The maximum absolute atomic E-state index is 10.8. The molecule has 7 aromatic rings. The Kier molecular flexibility index (Phi) is 29.0. The van der Waals surface area contributed by atoms with Crippen LogP contribution < -0.4 is 38.9 Å². The van der Waals surface area contributed by atoms with E-state index in [1.807, 2.05) is 94.7 Å². The van der Waals surface area contributed by atoms with Crippen molar-refractivity contribution in [2.75, 3.05) is 60.0 Å². The molecule has 0 aliphatic heterocycles. The second kappa shape index (κ2) is 32.5. The molecular weight excluding hydrogens is 1160 g/mol. The van der Waals surface area contributed by atoms with Crippen LogP contribution in [0.25, 0.3) is 0 Å². The normalized spacial score (nSPS) is 11.4. The summed E-state index contributed by atoms with van der Waals surface area (Å²) in [4.78, 5) is 0. The maximum atomic E-state index is 10.8. The summed E-state index contributed by atoms with van der Waals surface area (Å²) in [5.74, 6) is 2.46. The second-order valence-electron chi connectivity index (χ2n) is 30.6. The number of phenols is 7. The van der Waals surface area contributed by atoms with Crippen molar-refractivity contribution in [3.8, 4) is 40.2 Å². The van der Waals surface area contributed by atoms with Gasteiger partial charge in [-0.2, -0.15) is 0 Å². The van der Waals surface area contributed by atoms with Crippen LogP contribution in [0.5, 0.6) is 40.2 Å². The maximum Gasteiger partial charge on any atom is 0.123 e. The fraction of sp³-hybridized carbons (Fsp3) is 0.468. The number of benzene rings is 7. The lowest BCUT2D eigenvalue weighted by molar-refractivity contribution is 0.420. The molecule has 516 valence electrons. The van der Waals surface area contributed by atoms with Crippen LogP contribution >= 0.6 is 0 Å². The van der Waals surface area contributed by atoms with E-state index >= 15 is 0 Å². The molecule has 14 nitrogen and oxygen atoms in total. The van der Waals surface area contributed by atoms with E-state index in [4.69, 9.17) is 38.3 Å². The second-order valence-corrected chi connectivity index (χ2v) is 30.6. The van der Waals surface area contributed by atoms with Crippen LogP contribution in [0.1, 0.15) is 214 Å². The Balaban J connectivity index is 0.000000552. The van der Waals surface area contributed by atoms with Crippen molar-refractivity contribution in [3.63, 3.8) is 0 Å². The van der Waals surface area contributed by atoms with E-state index in [0.717, 1.165) is 123 Å². The van der Waals surface area contributed by atoms with E-state index < -0.39 is 0 Å². The molecule has 0 aromatic heterocycles. The molecule has 0 saturated carbocycles. The zero-order chi connectivity index (χ0) is 72.9. The number of nitrogens with two attached hydrogens (primary N) is 4. The first-order valence-electron chi connectivity index (χ1n) is 31.9. The minimum Gasteiger partial charge on any atom is -0.508 e. The largest absolute Gasteiger partial charge is 0.508 e. The van der Waals surface area contributed by atoms with Crippen molar-refractivity contribution in [3.05, 3.63) is 162 Å². The van der Waals surface area contributed by atoms with E-state index in [-0.39, 0.29) is 44.0 Å². The van der Waals surface area contributed by atoms with Crippen molar-refractivity contribution in [1.29, 1.82) is 0 Å². The Morgan fingerprint density at radius 2 is 0.613 bits per heavy atom. The summed E-state index contributed by atoms with van der Waals surface area (Å²) in [6, 6.07) is 20.5. The fourth-order valence-electron chi connectivity index (χ4n) is 11.9. The van der Waals surface area contributed by atoms with Crippen molar-refractivity contribution in [1.82, 2.24) is 0 Å². The highest BCUT2D eigenvalue weighted by atomic mass is 16.3. The van der Waals surface area contributed by atoms with Crippen LogP contribution in [0, 0.1) is 69.2 Å². The van der Waals surface area contributed by atoms with Gasteiger partial charge in [0.2, 0.25) is 0 Å². The summed E-state index contributed by atoms with van der Waals surface area (Å²) in [6.07, 6.45) is 0. The van der Waals surface area contributed by atoms with E-state index in [1.165, 1.54) is 0 Å². The molecule has 14 heteroatoms. The SMILES string of the molecule is CNc1c(C)c(C(C)(C)C)c(O)c(C(C)(C)C)c1C.CNc1cc(C(C)(C)C)c(O)cc1C.CNc1ccc(O)cc1C.Cc1c(N)c(C)c(C(C)(C)C)c(O)c1C(C)(C)C.Cc1cc(O)c(C(C)(C)C)c(C)c1N.Cc1cc(O)cc(C)c1N.Nc1ccc(O)cc1. The van der Waals surface area contributed by atoms with E-state index in [9.17, 15) is 20.4 Å². The fourth-order valence-corrected chi connectivity index (χ4v) is 11.9.